The largest absolute Gasteiger partial charge is 0.356 e. The quantitative estimate of drug-likeness (QED) is 0.386. The molecule has 138 valence electrons. The second-order valence-electron chi connectivity index (χ2n) is 6.83. The summed E-state index contributed by atoms with van der Waals surface area (Å²) in [6.45, 7) is 11.7. The molecular weight excluding hydrogens is 433 g/mol. The van der Waals surface area contributed by atoms with Gasteiger partial charge in [-0.05, 0) is 46.6 Å². The molecule has 0 aliphatic heterocycles. The van der Waals surface area contributed by atoms with Crippen LogP contribution >= 0.6 is 24.0 Å². The number of hydrogen-bond acceptors (Lipinski definition) is 2. The van der Waals surface area contributed by atoms with Gasteiger partial charge in [0.25, 0.3) is 0 Å². The molecule has 0 aliphatic rings. The van der Waals surface area contributed by atoms with E-state index in [9.17, 15) is 4.21 Å². The normalized spacial score (nSPS) is 13.2. The molecule has 1 aromatic carbocycles. The smallest absolute Gasteiger partial charge is 0.191 e. The van der Waals surface area contributed by atoms with Gasteiger partial charge in [0.15, 0.2) is 5.96 Å². The number of aliphatic imine (C=N–C) groups is 1. The lowest BCUT2D eigenvalue weighted by molar-refractivity contribution is 0.647. The van der Waals surface area contributed by atoms with Gasteiger partial charge in [-0.1, -0.05) is 29.3 Å². The highest BCUT2D eigenvalue weighted by Gasteiger charge is 2.18. The zero-order chi connectivity index (χ0) is 17.5. The molecule has 0 saturated carbocycles. The summed E-state index contributed by atoms with van der Waals surface area (Å²) in [5.41, 5.74) is 3.93. The van der Waals surface area contributed by atoms with E-state index in [0.29, 0.717) is 12.3 Å². The van der Waals surface area contributed by atoms with Crippen LogP contribution in [0.3, 0.4) is 0 Å². The summed E-state index contributed by atoms with van der Waals surface area (Å²) in [6, 6.07) is 6.63. The lowest BCUT2D eigenvalue weighted by Gasteiger charge is -2.18. The van der Waals surface area contributed by atoms with Crippen LogP contribution in [0.1, 0.15) is 37.5 Å². The van der Waals surface area contributed by atoms with Gasteiger partial charge in [-0.2, -0.15) is 0 Å². The molecule has 6 heteroatoms. The standard InChI is InChI=1S/C18H31N3OS.HI/c1-14-11-15(2)13-16(12-14)7-8-20-17(19-6)21-9-10-23(22)18(3,4)5;/h11-13H,7-10H2,1-6H3,(H2,19,20,21);1H. The summed E-state index contributed by atoms with van der Waals surface area (Å²) in [4.78, 5) is 4.21. The Labute approximate surface area is 166 Å². The molecule has 1 aromatic rings. The van der Waals surface area contributed by atoms with E-state index in [4.69, 9.17) is 0 Å². The molecule has 0 radical (unpaired) electrons. The Balaban J connectivity index is 0.00000529. The van der Waals surface area contributed by atoms with Crippen molar-refractivity contribution in [3.63, 3.8) is 0 Å². The number of nitrogens with one attached hydrogen (secondary N) is 2. The Kier molecular flexibility index (Phi) is 10.8. The van der Waals surface area contributed by atoms with Crippen LogP contribution in [-0.4, -0.2) is 40.8 Å². The van der Waals surface area contributed by atoms with Crippen LogP contribution in [0.2, 0.25) is 0 Å². The number of rotatable bonds is 6. The van der Waals surface area contributed by atoms with Crippen LogP contribution in [-0.2, 0) is 17.2 Å². The van der Waals surface area contributed by atoms with Crippen molar-refractivity contribution < 1.29 is 4.21 Å². The van der Waals surface area contributed by atoms with Gasteiger partial charge >= 0.3 is 0 Å². The zero-order valence-corrected chi connectivity index (χ0v) is 18.9. The minimum absolute atomic E-state index is 0. The van der Waals surface area contributed by atoms with Gasteiger partial charge in [-0.25, -0.2) is 0 Å². The average Bonchev–Trinajstić information content (AvgIpc) is 2.43. The number of aryl methyl sites for hydroxylation is 2. The maximum absolute atomic E-state index is 12.0. The lowest BCUT2D eigenvalue weighted by Crippen LogP contribution is -2.41. The van der Waals surface area contributed by atoms with Crippen molar-refractivity contribution in [2.24, 2.45) is 4.99 Å². The maximum Gasteiger partial charge on any atom is 0.191 e. The number of nitrogens with zero attached hydrogens (tertiary/aromatic N) is 1. The summed E-state index contributed by atoms with van der Waals surface area (Å²) in [6.07, 6.45) is 0.955. The third-order valence-electron chi connectivity index (χ3n) is 3.47. The molecule has 1 unspecified atom stereocenters. The predicted molar refractivity (Wildman–Crippen MR) is 117 cm³/mol. The van der Waals surface area contributed by atoms with E-state index in [1.165, 1.54) is 16.7 Å². The summed E-state index contributed by atoms with van der Waals surface area (Å²) in [5.74, 6) is 1.39. The fourth-order valence-electron chi connectivity index (χ4n) is 2.33. The van der Waals surface area contributed by atoms with Crippen LogP contribution in [0.4, 0.5) is 0 Å². The topological polar surface area (TPSA) is 53.5 Å². The second kappa shape index (κ2) is 11.1. The van der Waals surface area contributed by atoms with Crippen LogP contribution in [0.25, 0.3) is 0 Å². The highest BCUT2D eigenvalue weighted by molar-refractivity contribution is 14.0. The van der Waals surface area contributed by atoms with Crippen LogP contribution in [0.15, 0.2) is 23.2 Å². The van der Waals surface area contributed by atoms with Gasteiger partial charge in [0.05, 0.1) is 0 Å². The number of guanidine groups is 1. The first-order valence-corrected chi connectivity index (χ1v) is 9.44. The van der Waals surface area contributed by atoms with Crippen molar-refractivity contribution in [3.05, 3.63) is 34.9 Å². The highest BCUT2D eigenvalue weighted by atomic mass is 127. The Morgan fingerprint density at radius 2 is 1.62 bits per heavy atom. The van der Waals surface area contributed by atoms with E-state index < -0.39 is 10.8 Å². The van der Waals surface area contributed by atoms with Gasteiger partial charge < -0.3 is 10.6 Å². The molecule has 1 atom stereocenters. The SMILES string of the molecule is CN=C(NCCc1cc(C)cc(C)c1)NCCS(=O)C(C)(C)C.I. The Morgan fingerprint density at radius 1 is 1.08 bits per heavy atom. The van der Waals surface area contributed by atoms with E-state index in [-0.39, 0.29) is 28.7 Å². The fourth-order valence-corrected chi connectivity index (χ4v) is 3.23. The fraction of sp³-hybridized carbons (Fsp3) is 0.611. The Morgan fingerprint density at radius 3 is 2.12 bits per heavy atom. The Bertz CT molecular complexity index is 548. The first kappa shape index (κ1) is 23.4. The number of hydrogen-bond donors (Lipinski definition) is 2. The summed E-state index contributed by atoms with van der Waals surface area (Å²) in [7, 11) is 0.915. The molecular formula is C18H32IN3OS. The summed E-state index contributed by atoms with van der Waals surface area (Å²) < 4.78 is 11.8. The molecule has 0 bridgehead atoms. The first-order chi connectivity index (χ1) is 10.7. The molecule has 0 spiro atoms. The number of halogens is 1. The van der Waals surface area contributed by atoms with Crippen molar-refractivity contribution in [3.8, 4) is 0 Å². The lowest BCUT2D eigenvalue weighted by atomic mass is 10.1. The zero-order valence-electron chi connectivity index (χ0n) is 15.7. The molecule has 4 nitrogen and oxygen atoms in total. The van der Waals surface area contributed by atoms with E-state index in [1.807, 2.05) is 20.8 Å². The average molecular weight is 465 g/mol. The van der Waals surface area contributed by atoms with Gasteiger partial charge in [-0.3, -0.25) is 9.20 Å². The monoisotopic (exact) mass is 465 g/mol. The van der Waals surface area contributed by atoms with E-state index in [2.05, 4.69) is 47.7 Å². The molecule has 0 saturated heterocycles. The van der Waals surface area contributed by atoms with Crippen molar-refractivity contribution in [2.75, 3.05) is 25.9 Å². The molecule has 2 N–H and O–H groups in total. The van der Waals surface area contributed by atoms with Crippen molar-refractivity contribution in [1.29, 1.82) is 0 Å². The van der Waals surface area contributed by atoms with E-state index in [0.717, 1.165) is 18.9 Å². The molecule has 0 heterocycles. The second-order valence-corrected chi connectivity index (χ2v) is 9.16. The Hall–Kier alpha value is -0.630. The first-order valence-electron chi connectivity index (χ1n) is 8.12. The molecule has 0 aromatic heterocycles. The van der Waals surface area contributed by atoms with E-state index >= 15 is 0 Å². The van der Waals surface area contributed by atoms with Gasteiger partial charge in [-0.15, -0.1) is 24.0 Å². The van der Waals surface area contributed by atoms with Gasteiger partial charge in [0, 0.05) is 41.4 Å². The van der Waals surface area contributed by atoms with Crippen molar-refractivity contribution in [1.82, 2.24) is 10.6 Å². The molecule has 0 amide bonds. The third-order valence-corrected chi connectivity index (χ3v) is 5.42. The van der Waals surface area contributed by atoms with Crippen LogP contribution < -0.4 is 10.6 Å². The minimum atomic E-state index is -0.842. The molecule has 24 heavy (non-hydrogen) atoms. The maximum atomic E-state index is 12.0. The van der Waals surface area contributed by atoms with E-state index in [1.54, 1.807) is 7.05 Å². The molecule has 1 rings (SSSR count). The van der Waals surface area contributed by atoms with Crippen LogP contribution in [0.5, 0.6) is 0 Å². The van der Waals surface area contributed by atoms with Crippen LogP contribution in [0, 0.1) is 13.8 Å². The van der Waals surface area contributed by atoms with Gasteiger partial charge in [0.1, 0.15) is 0 Å². The molecule has 0 fully saturated rings. The summed E-state index contributed by atoms with van der Waals surface area (Å²) in [5, 5.41) is 6.54. The highest BCUT2D eigenvalue weighted by Crippen LogP contribution is 2.10. The predicted octanol–water partition coefficient (Wildman–Crippen LogP) is 3.18. The summed E-state index contributed by atoms with van der Waals surface area (Å²) >= 11 is 0. The van der Waals surface area contributed by atoms with Gasteiger partial charge in [0.2, 0.25) is 0 Å². The minimum Gasteiger partial charge on any atom is -0.356 e. The number of benzene rings is 1. The molecule has 0 aliphatic carbocycles. The van der Waals surface area contributed by atoms with Crippen molar-refractivity contribution >= 4 is 40.7 Å². The third kappa shape index (κ3) is 9.01. The van der Waals surface area contributed by atoms with Crippen molar-refractivity contribution in [2.45, 2.75) is 45.8 Å².